The average Bonchev–Trinajstić information content (AvgIpc) is 3.07. The minimum atomic E-state index is -0.300. The predicted octanol–water partition coefficient (Wildman–Crippen LogP) is 4.98. The third-order valence-electron chi connectivity index (χ3n) is 5.92. The summed E-state index contributed by atoms with van der Waals surface area (Å²) in [7, 11) is 0. The molecule has 142 valence electrons. The first-order chi connectivity index (χ1) is 14.2. The van der Waals surface area contributed by atoms with Gasteiger partial charge in [0.05, 0.1) is 11.1 Å². The molecule has 0 unspecified atom stereocenters. The number of hydrogen-bond acceptors (Lipinski definition) is 2. The normalized spacial score (nSPS) is 15.3. The molecule has 0 radical (unpaired) electrons. The Labute approximate surface area is 170 Å². The Morgan fingerprint density at radius 1 is 0.621 bits per heavy atom. The molecule has 0 fully saturated rings. The second-order valence-electron chi connectivity index (χ2n) is 7.59. The fraction of sp³-hybridized carbons (Fsp3) is 0.154. The van der Waals surface area contributed by atoms with Crippen LogP contribution < -0.4 is 5.32 Å². The molecular weight excluding hydrogens is 358 g/mol. The molecule has 0 aromatic heterocycles. The summed E-state index contributed by atoms with van der Waals surface area (Å²) in [6.07, 6.45) is 9.42. The highest BCUT2D eigenvalue weighted by molar-refractivity contribution is 6.21. The predicted molar refractivity (Wildman–Crippen MR) is 115 cm³/mol. The van der Waals surface area contributed by atoms with Crippen molar-refractivity contribution < 1.29 is 9.59 Å². The number of carbonyl (C=O) groups is 2. The van der Waals surface area contributed by atoms with Crippen LogP contribution in [0.25, 0.3) is 17.2 Å². The van der Waals surface area contributed by atoms with E-state index in [2.05, 4.69) is 53.9 Å². The van der Waals surface area contributed by atoms with Crippen molar-refractivity contribution >= 4 is 17.9 Å². The Kier molecular flexibility index (Phi) is 4.36. The lowest BCUT2D eigenvalue weighted by atomic mass is 9.80. The third-order valence-corrected chi connectivity index (χ3v) is 5.92. The summed E-state index contributed by atoms with van der Waals surface area (Å²) in [4.78, 5) is 21.9. The van der Waals surface area contributed by atoms with Gasteiger partial charge >= 0.3 is 0 Å². The zero-order chi connectivity index (χ0) is 19.8. The maximum absolute atomic E-state index is 10.9. The second kappa shape index (κ2) is 7.17. The van der Waals surface area contributed by atoms with Gasteiger partial charge in [-0.3, -0.25) is 14.9 Å². The molecular formula is C26H21NO2. The number of fused-ring (bicyclic) bond motifs is 6. The number of aryl methyl sites for hydroxylation is 1. The SMILES string of the molecule is C1=Cc2ccc3c(c2CC1)CCc1ccccc1-3.O=C1NC(=O)c2ccccc21. The molecule has 29 heavy (non-hydrogen) atoms. The van der Waals surface area contributed by atoms with E-state index >= 15 is 0 Å². The van der Waals surface area contributed by atoms with E-state index in [0.717, 1.165) is 0 Å². The smallest absolute Gasteiger partial charge is 0.258 e. The lowest BCUT2D eigenvalue weighted by Gasteiger charge is -2.25. The largest absolute Gasteiger partial charge is 0.288 e. The number of benzene rings is 3. The highest BCUT2D eigenvalue weighted by Gasteiger charge is 2.25. The summed E-state index contributed by atoms with van der Waals surface area (Å²) in [5.41, 5.74) is 10.0. The van der Waals surface area contributed by atoms with Crippen molar-refractivity contribution in [2.24, 2.45) is 0 Å². The maximum Gasteiger partial charge on any atom is 0.258 e. The summed E-state index contributed by atoms with van der Waals surface area (Å²) in [6, 6.07) is 20.2. The summed E-state index contributed by atoms with van der Waals surface area (Å²) in [6.45, 7) is 0. The summed E-state index contributed by atoms with van der Waals surface area (Å²) in [5, 5.41) is 2.20. The minimum absolute atomic E-state index is 0.300. The summed E-state index contributed by atoms with van der Waals surface area (Å²) in [5.74, 6) is -0.601. The lowest BCUT2D eigenvalue weighted by Crippen LogP contribution is -2.19. The highest BCUT2D eigenvalue weighted by atomic mass is 16.2. The van der Waals surface area contributed by atoms with Crippen LogP contribution >= 0.6 is 0 Å². The lowest BCUT2D eigenvalue weighted by molar-refractivity contribution is 0.0879. The van der Waals surface area contributed by atoms with Crippen LogP contribution in [0.4, 0.5) is 0 Å². The van der Waals surface area contributed by atoms with E-state index in [1.54, 1.807) is 35.4 Å². The highest BCUT2D eigenvalue weighted by Crippen LogP contribution is 2.38. The molecule has 3 nitrogen and oxygen atoms in total. The number of allylic oxidation sites excluding steroid dienone is 1. The van der Waals surface area contributed by atoms with Crippen LogP contribution in [0.2, 0.25) is 0 Å². The van der Waals surface area contributed by atoms with Crippen molar-refractivity contribution in [3.8, 4) is 11.1 Å². The Morgan fingerprint density at radius 2 is 1.31 bits per heavy atom. The molecule has 3 aliphatic rings. The van der Waals surface area contributed by atoms with Gasteiger partial charge in [0.25, 0.3) is 11.8 Å². The van der Waals surface area contributed by atoms with E-state index in [1.807, 2.05) is 0 Å². The van der Waals surface area contributed by atoms with Gasteiger partial charge in [0.1, 0.15) is 0 Å². The van der Waals surface area contributed by atoms with Gasteiger partial charge in [-0.2, -0.15) is 0 Å². The van der Waals surface area contributed by atoms with E-state index in [4.69, 9.17) is 0 Å². The molecule has 0 saturated carbocycles. The third kappa shape index (κ3) is 3.09. The Balaban J connectivity index is 0.000000142. The standard InChI is InChI=1S/C18H16.C8H5NO2/c1-3-7-15-13(5-1)9-11-18-16-8-4-2-6-14(16)10-12-17(15)18;10-7-5-3-1-2-4-6(5)8(11)9-7/h1-3,5-7,10,12H,4,8-9,11H2;1-4H,(H,9,10,11). The average molecular weight is 379 g/mol. The van der Waals surface area contributed by atoms with E-state index in [0.29, 0.717) is 11.1 Å². The van der Waals surface area contributed by atoms with Gasteiger partial charge in [0.15, 0.2) is 0 Å². The minimum Gasteiger partial charge on any atom is -0.288 e. The number of imide groups is 1. The van der Waals surface area contributed by atoms with E-state index in [-0.39, 0.29) is 11.8 Å². The van der Waals surface area contributed by atoms with Gasteiger partial charge in [-0.05, 0) is 71.2 Å². The first kappa shape index (κ1) is 17.6. The zero-order valence-electron chi connectivity index (χ0n) is 16.1. The van der Waals surface area contributed by atoms with E-state index in [9.17, 15) is 9.59 Å². The van der Waals surface area contributed by atoms with Crippen molar-refractivity contribution in [1.29, 1.82) is 0 Å². The van der Waals surface area contributed by atoms with Crippen molar-refractivity contribution in [3.05, 3.63) is 100 Å². The number of carbonyl (C=O) groups excluding carboxylic acids is 2. The van der Waals surface area contributed by atoms with Crippen LogP contribution in [-0.4, -0.2) is 11.8 Å². The van der Waals surface area contributed by atoms with Gasteiger partial charge in [0.2, 0.25) is 0 Å². The first-order valence-corrected chi connectivity index (χ1v) is 10.1. The number of rotatable bonds is 0. The molecule has 2 aliphatic carbocycles. The van der Waals surface area contributed by atoms with Crippen LogP contribution in [0.3, 0.4) is 0 Å². The molecule has 1 heterocycles. The molecule has 0 atom stereocenters. The molecule has 3 heteroatoms. The Bertz CT molecular complexity index is 1140. The molecule has 6 rings (SSSR count). The van der Waals surface area contributed by atoms with Crippen molar-refractivity contribution in [2.45, 2.75) is 25.7 Å². The van der Waals surface area contributed by atoms with Crippen LogP contribution in [0, 0.1) is 0 Å². The quantitative estimate of drug-likeness (QED) is 0.560. The van der Waals surface area contributed by atoms with E-state index < -0.39 is 0 Å². The van der Waals surface area contributed by atoms with Gasteiger partial charge in [-0.15, -0.1) is 0 Å². The fourth-order valence-corrected chi connectivity index (χ4v) is 4.52. The fourth-order valence-electron chi connectivity index (χ4n) is 4.52. The number of hydrogen-bond donors (Lipinski definition) is 1. The number of amides is 2. The van der Waals surface area contributed by atoms with Crippen LogP contribution in [0.1, 0.15) is 49.4 Å². The Morgan fingerprint density at radius 3 is 2.07 bits per heavy atom. The van der Waals surface area contributed by atoms with E-state index in [1.165, 1.54) is 47.9 Å². The summed E-state index contributed by atoms with van der Waals surface area (Å²) >= 11 is 0. The van der Waals surface area contributed by atoms with Gasteiger partial charge in [0, 0.05) is 0 Å². The topological polar surface area (TPSA) is 46.2 Å². The summed E-state index contributed by atoms with van der Waals surface area (Å²) < 4.78 is 0. The molecule has 2 amide bonds. The zero-order valence-corrected chi connectivity index (χ0v) is 16.1. The molecule has 1 aliphatic heterocycles. The molecule has 0 spiro atoms. The second-order valence-corrected chi connectivity index (χ2v) is 7.59. The monoisotopic (exact) mass is 379 g/mol. The van der Waals surface area contributed by atoms with Crippen molar-refractivity contribution in [1.82, 2.24) is 5.32 Å². The first-order valence-electron chi connectivity index (χ1n) is 10.1. The van der Waals surface area contributed by atoms with Crippen LogP contribution in [0.5, 0.6) is 0 Å². The molecule has 0 bridgehead atoms. The molecule has 1 N–H and O–H groups in total. The van der Waals surface area contributed by atoms with Gasteiger partial charge in [-0.1, -0.05) is 60.7 Å². The molecule has 0 saturated heterocycles. The van der Waals surface area contributed by atoms with Crippen LogP contribution in [-0.2, 0) is 19.3 Å². The van der Waals surface area contributed by atoms with Crippen molar-refractivity contribution in [2.75, 3.05) is 0 Å². The molecule has 3 aromatic carbocycles. The van der Waals surface area contributed by atoms with Crippen LogP contribution in [0.15, 0.2) is 66.7 Å². The maximum atomic E-state index is 10.9. The van der Waals surface area contributed by atoms with Crippen molar-refractivity contribution in [3.63, 3.8) is 0 Å². The molecule has 3 aromatic rings. The number of nitrogens with one attached hydrogen (secondary N) is 1. The van der Waals surface area contributed by atoms with Gasteiger partial charge < -0.3 is 0 Å². The van der Waals surface area contributed by atoms with Gasteiger partial charge in [-0.25, -0.2) is 0 Å². The Hall–Kier alpha value is -3.46.